The zero-order chi connectivity index (χ0) is 19.5. The molecule has 0 radical (unpaired) electrons. The largest absolute Gasteiger partial charge is 0.336 e. The average molecular weight is 377 g/mol. The molecule has 1 fully saturated rings. The van der Waals surface area contributed by atoms with E-state index in [1.54, 1.807) is 6.07 Å². The lowest BCUT2D eigenvalue weighted by atomic mass is 10.0. The Morgan fingerprint density at radius 3 is 2.32 bits per heavy atom. The fourth-order valence-electron chi connectivity index (χ4n) is 4.14. The van der Waals surface area contributed by atoms with Gasteiger partial charge in [-0.3, -0.25) is 9.59 Å². The first-order chi connectivity index (χ1) is 13.7. The predicted octanol–water partition coefficient (Wildman–Crippen LogP) is 3.06. The van der Waals surface area contributed by atoms with E-state index in [9.17, 15) is 9.59 Å². The fourth-order valence-corrected chi connectivity index (χ4v) is 4.14. The monoisotopic (exact) mass is 377 g/mol. The molecule has 0 aromatic heterocycles. The van der Waals surface area contributed by atoms with Gasteiger partial charge in [0.2, 0.25) is 0 Å². The third-order valence-corrected chi connectivity index (χ3v) is 5.82. The summed E-state index contributed by atoms with van der Waals surface area (Å²) in [7, 11) is 0. The van der Waals surface area contributed by atoms with E-state index in [4.69, 9.17) is 0 Å². The molecular formula is C23H27N3O2. The number of para-hydroxylation sites is 1. The average Bonchev–Trinajstić information content (AvgIpc) is 2.78. The van der Waals surface area contributed by atoms with Gasteiger partial charge in [-0.2, -0.15) is 0 Å². The number of carbonyl (C=O) groups excluding carboxylic acids is 2. The van der Waals surface area contributed by atoms with E-state index < -0.39 is 0 Å². The van der Waals surface area contributed by atoms with Crippen LogP contribution in [0.15, 0.2) is 48.5 Å². The Morgan fingerprint density at radius 2 is 1.57 bits per heavy atom. The van der Waals surface area contributed by atoms with Crippen LogP contribution in [0, 0.1) is 0 Å². The van der Waals surface area contributed by atoms with Gasteiger partial charge in [0, 0.05) is 49.5 Å². The molecule has 0 bridgehead atoms. The second-order valence-corrected chi connectivity index (χ2v) is 7.50. The van der Waals surface area contributed by atoms with E-state index >= 15 is 0 Å². The van der Waals surface area contributed by atoms with Crippen molar-refractivity contribution in [2.24, 2.45) is 0 Å². The molecule has 2 amide bonds. The van der Waals surface area contributed by atoms with Crippen LogP contribution >= 0.6 is 0 Å². The zero-order valence-corrected chi connectivity index (χ0v) is 16.4. The van der Waals surface area contributed by atoms with Crippen LogP contribution in [0.3, 0.4) is 0 Å². The SMILES string of the molecule is CCN1CCN(C(=O)c2cccc(C(=O)N3CCCc4ccccc43)c2)CC1. The van der Waals surface area contributed by atoms with Crippen molar-refractivity contribution in [3.63, 3.8) is 0 Å². The molecule has 0 aliphatic carbocycles. The summed E-state index contributed by atoms with van der Waals surface area (Å²) in [5.74, 6) is -0.0120. The van der Waals surface area contributed by atoms with Crippen LogP contribution in [0.4, 0.5) is 5.69 Å². The molecule has 4 rings (SSSR count). The molecule has 0 N–H and O–H groups in total. The topological polar surface area (TPSA) is 43.9 Å². The predicted molar refractivity (Wildman–Crippen MR) is 111 cm³/mol. The lowest BCUT2D eigenvalue weighted by Crippen LogP contribution is -2.48. The van der Waals surface area contributed by atoms with Crippen molar-refractivity contribution in [3.8, 4) is 0 Å². The second-order valence-electron chi connectivity index (χ2n) is 7.50. The Hall–Kier alpha value is -2.66. The molecule has 28 heavy (non-hydrogen) atoms. The highest BCUT2D eigenvalue weighted by Gasteiger charge is 2.25. The van der Waals surface area contributed by atoms with E-state index in [-0.39, 0.29) is 11.8 Å². The highest BCUT2D eigenvalue weighted by Crippen LogP contribution is 2.28. The number of nitrogens with zero attached hydrogens (tertiary/aromatic N) is 3. The number of rotatable bonds is 3. The molecule has 0 saturated carbocycles. The van der Waals surface area contributed by atoms with Crippen molar-refractivity contribution in [2.45, 2.75) is 19.8 Å². The van der Waals surface area contributed by atoms with E-state index in [2.05, 4.69) is 17.9 Å². The molecule has 0 unspecified atom stereocenters. The number of amides is 2. The van der Waals surface area contributed by atoms with E-state index in [1.807, 2.05) is 46.2 Å². The molecular weight excluding hydrogens is 350 g/mol. The number of carbonyl (C=O) groups is 2. The Kier molecular flexibility index (Phi) is 5.44. The summed E-state index contributed by atoms with van der Waals surface area (Å²) >= 11 is 0. The number of anilines is 1. The number of hydrogen-bond donors (Lipinski definition) is 0. The van der Waals surface area contributed by atoms with Gasteiger partial charge in [0.25, 0.3) is 11.8 Å². The van der Waals surface area contributed by atoms with Crippen LogP contribution in [0.25, 0.3) is 0 Å². The van der Waals surface area contributed by atoms with Crippen molar-refractivity contribution < 1.29 is 9.59 Å². The smallest absolute Gasteiger partial charge is 0.258 e. The number of piperazine rings is 1. The summed E-state index contributed by atoms with van der Waals surface area (Å²) in [4.78, 5) is 32.2. The van der Waals surface area contributed by atoms with Crippen molar-refractivity contribution in [2.75, 3.05) is 44.2 Å². The van der Waals surface area contributed by atoms with Gasteiger partial charge < -0.3 is 14.7 Å². The first kappa shape index (κ1) is 18.7. The third kappa shape index (κ3) is 3.67. The van der Waals surface area contributed by atoms with Crippen molar-refractivity contribution in [3.05, 3.63) is 65.2 Å². The quantitative estimate of drug-likeness (QED) is 0.826. The summed E-state index contributed by atoms with van der Waals surface area (Å²) in [6, 6.07) is 15.3. The van der Waals surface area contributed by atoms with Gasteiger partial charge in [-0.1, -0.05) is 31.2 Å². The van der Waals surface area contributed by atoms with Crippen molar-refractivity contribution in [1.82, 2.24) is 9.80 Å². The molecule has 2 aliphatic heterocycles. The van der Waals surface area contributed by atoms with Gasteiger partial charge in [0.1, 0.15) is 0 Å². The summed E-state index contributed by atoms with van der Waals surface area (Å²) in [6.07, 6.45) is 1.96. The molecule has 2 heterocycles. The number of fused-ring (bicyclic) bond motifs is 1. The minimum absolute atomic E-state index is 0.0180. The van der Waals surface area contributed by atoms with Crippen LogP contribution in [0.5, 0.6) is 0 Å². The summed E-state index contributed by atoms with van der Waals surface area (Å²) in [6.45, 7) is 7.17. The molecule has 1 saturated heterocycles. The molecule has 0 atom stereocenters. The molecule has 5 heteroatoms. The van der Waals surface area contributed by atoms with Gasteiger partial charge in [0.15, 0.2) is 0 Å². The van der Waals surface area contributed by atoms with Crippen LogP contribution in [-0.4, -0.2) is 60.9 Å². The second kappa shape index (κ2) is 8.15. The highest BCUT2D eigenvalue weighted by atomic mass is 16.2. The Labute approximate surface area is 166 Å². The Bertz CT molecular complexity index is 872. The first-order valence-electron chi connectivity index (χ1n) is 10.2. The molecule has 2 aromatic rings. The maximum atomic E-state index is 13.2. The standard InChI is InChI=1S/C23H27N3O2/c1-2-24-13-15-25(16-14-24)22(27)19-8-5-9-20(17-19)23(28)26-12-6-10-18-7-3-4-11-21(18)26/h3-5,7-9,11,17H,2,6,10,12-16H2,1H3. The van der Waals surface area contributed by atoms with E-state index in [0.717, 1.165) is 51.3 Å². The van der Waals surface area contributed by atoms with Crippen molar-refractivity contribution >= 4 is 17.5 Å². The Balaban J connectivity index is 1.53. The number of likely N-dealkylation sites (N-methyl/N-ethyl adjacent to an activating group) is 1. The summed E-state index contributed by atoms with van der Waals surface area (Å²) in [5, 5.41) is 0. The molecule has 2 aliphatic rings. The summed E-state index contributed by atoms with van der Waals surface area (Å²) in [5.41, 5.74) is 3.38. The van der Waals surface area contributed by atoms with Crippen LogP contribution in [0.2, 0.25) is 0 Å². The van der Waals surface area contributed by atoms with Gasteiger partial charge in [0.05, 0.1) is 0 Å². The van der Waals surface area contributed by atoms with Crippen LogP contribution in [0.1, 0.15) is 39.6 Å². The van der Waals surface area contributed by atoms with Crippen LogP contribution in [-0.2, 0) is 6.42 Å². The van der Waals surface area contributed by atoms with Crippen molar-refractivity contribution in [1.29, 1.82) is 0 Å². The lowest BCUT2D eigenvalue weighted by molar-refractivity contribution is 0.0643. The fraction of sp³-hybridized carbons (Fsp3) is 0.391. The zero-order valence-electron chi connectivity index (χ0n) is 16.4. The van der Waals surface area contributed by atoms with Gasteiger partial charge >= 0.3 is 0 Å². The Morgan fingerprint density at radius 1 is 0.857 bits per heavy atom. The number of aryl methyl sites for hydroxylation is 1. The first-order valence-corrected chi connectivity index (χ1v) is 10.2. The number of benzene rings is 2. The minimum atomic E-state index is -0.0300. The molecule has 5 nitrogen and oxygen atoms in total. The molecule has 2 aromatic carbocycles. The molecule has 0 spiro atoms. The van der Waals surface area contributed by atoms with Crippen LogP contribution < -0.4 is 4.90 Å². The van der Waals surface area contributed by atoms with E-state index in [1.165, 1.54) is 5.56 Å². The highest BCUT2D eigenvalue weighted by molar-refractivity contribution is 6.08. The lowest BCUT2D eigenvalue weighted by Gasteiger charge is -2.34. The van der Waals surface area contributed by atoms with Gasteiger partial charge in [-0.05, 0) is 49.2 Å². The number of hydrogen-bond acceptors (Lipinski definition) is 3. The normalized spacial score (nSPS) is 17.3. The van der Waals surface area contributed by atoms with Gasteiger partial charge in [-0.15, -0.1) is 0 Å². The maximum absolute atomic E-state index is 13.2. The van der Waals surface area contributed by atoms with Gasteiger partial charge in [-0.25, -0.2) is 0 Å². The minimum Gasteiger partial charge on any atom is -0.336 e. The third-order valence-electron chi connectivity index (χ3n) is 5.82. The van der Waals surface area contributed by atoms with E-state index in [0.29, 0.717) is 17.7 Å². The molecule has 146 valence electrons. The summed E-state index contributed by atoms with van der Waals surface area (Å²) < 4.78 is 0. The maximum Gasteiger partial charge on any atom is 0.258 e.